The number of rotatable bonds is 3. The minimum atomic E-state index is 0.908. The number of aryl methyl sites for hydroxylation is 1. The van der Waals surface area contributed by atoms with Gasteiger partial charge in [0.25, 0.3) is 0 Å². The summed E-state index contributed by atoms with van der Waals surface area (Å²) in [5, 5.41) is 3.31. The lowest BCUT2D eigenvalue weighted by atomic mass is 10.4. The Morgan fingerprint density at radius 2 is 2.55 bits per heavy atom. The summed E-state index contributed by atoms with van der Waals surface area (Å²) < 4.78 is 0. The van der Waals surface area contributed by atoms with E-state index in [9.17, 15) is 0 Å². The normalized spacial score (nSPS) is 16.8. The fraction of sp³-hybridized carbons (Fsp3) is 0.625. The third kappa shape index (κ3) is 1.53. The van der Waals surface area contributed by atoms with Crippen molar-refractivity contribution >= 4 is 5.82 Å². The first-order valence-electron chi connectivity index (χ1n) is 4.10. The molecule has 1 aromatic heterocycles. The van der Waals surface area contributed by atoms with Gasteiger partial charge in [0.1, 0.15) is 5.82 Å². The van der Waals surface area contributed by atoms with Gasteiger partial charge in [0, 0.05) is 6.54 Å². The Morgan fingerprint density at radius 1 is 1.73 bits per heavy atom. The Morgan fingerprint density at radius 3 is 3.09 bits per heavy atom. The van der Waals surface area contributed by atoms with Gasteiger partial charge in [-0.15, -0.1) is 0 Å². The molecule has 0 radical (unpaired) electrons. The van der Waals surface area contributed by atoms with E-state index in [2.05, 4.69) is 15.3 Å². The topological polar surface area (TPSA) is 40.7 Å². The van der Waals surface area contributed by atoms with Crippen molar-refractivity contribution in [3.8, 4) is 0 Å². The van der Waals surface area contributed by atoms with Crippen LogP contribution in [0.1, 0.15) is 18.5 Å². The first kappa shape index (κ1) is 6.70. The smallest absolute Gasteiger partial charge is 0.146 e. The van der Waals surface area contributed by atoms with Crippen LogP contribution in [0.4, 0.5) is 5.82 Å². The van der Waals surface area contributed by atoms with E-state index in [1.807, 2.05) is 6.92 Å². The van der Waals surface area contributed by atoms with Crippen molar-refractivity contribution in [3.63, 3.8) is 0 Å². The summed E-state index contributed by atoms with van der Waals surface area (Å²) in [7, 11) is 0. The van der Waals surface area contributed by atoms with Crippen LogP contribution in [0.5, 0.6) is 0 Å². The molecule has 1 heterocycles. The molecule has 0 amide bonds. The van der Waals surface area contributed by atoms with Crippen molar-refractivity contribution in [3.05, 3.63) is 12.0 Å². The number of hydrogen-bond donors (Lipinski definition) is 2. The fourth-order valence-electron chi connectivity index (χ4n) is 1.10. The maximum absolute atomic E-state index is 4.15. The van der Waals surface area contributed by atoms with Gasteiger partial charge in [-0.05, 0) is 25.7 Å². The molecule has 3 heteroatoms. The highest BCUT2D eigenvalue weighted by atomic mass is 15.0. The van der Waals surface area contributed by atoms with Crippen LogP contribution in [-0.4, -0.2) is 16.5 Å². The largest absolute Gasteiger partial charge is 0.368 e. The molecule has 1 saturated carbocycles. The van der Waals surface area contributed by atoms with E-state index in [4.69, 9.17) is 0 Å². The average Bonchev–Trinajstić information content (AvgIpc) is 2.73. The Hall–Kier alpha value is -0.990. The quantitative estimate of drug-likeness (QED) is 0.688. The first-order valence-corrected chi connectivity index (χ1v) is 4.10. The van der Waals surface area contributed by atoms with Gasteiger partial charge in [0.05, 0.1) is 12.0 Å². The van der Waals surface area contributed by atoms with Crippen LogP contribution in [0, 0.1) is 12.8 Å². The van der Waals surface area contributed by atoms with E-state index < -0.39 is 0 Å². The SMILES string of the molecule is Cc1[nH]cnc1NCC1CC1. The fourth-order valence-corrected chi connectivity index (χ4v) is 1.10. The van der Waals surface area contributed by atoms with Gasteiger partial charge in [0.2, 0.25) is 0 Å². The number of imidazole rings is 1. The highest BCUT2D eigenvalue weighted by Crippen LogP contribution is 2.28. The Bertz CT molecular complexity index is 237. The summed E-state index contributed by atoms with van der Waals surface area (Å²) in [5.41, 5.74) is 1.13. The lowest BCUT2D eigenvalue weighted by Gasteiger charge is -2.00. The van der Waals surface area contributed by atoms with Crippen molar-refractivity contribution in [2.24, 2.45) is 5.92 Å². The predicted octanol–water partition coefficient (Wildman–Crippen LogP) is 1.54. The number of H-pyrrole nitrogens is 1. The summed E-state index contributed by atoms with van der Waals surface area (Å²) >= 11 is 0. The van der Waals surface area contributed by atoms with Crippen LogP contribution < -0.4 is 5.32 Å². The second kappa shape index (κ2) is 2.57. The zero-order chi connectivity index (χ0) is 7.68. The van der Waals surface area contributed by atoms with Gasteiger partial charge in [0.15, 0.2) is 0 Å². The van der Waals surface area contributed by atoms with Gasteiger partial charge >= 0.3 is 0 Å². The molecule has 1 aliphatic rings. The maximum atomic E-state index is 4.15. The summed E-state index contributed by atoms with van der Waals surface area (Å²) in [6.07, 6.45) is 4.50. The average molecular weight is 151 g/mol. The molecule has 11 heavy (non-hydrogen) atoms. The maximum Gasteiger partial charge on any atom is 0.146 e. The Labute approximate surface area is 66.2 Å². The molecular weight excluding hydrogens is 138 g/mol. The van der Waals surface area contributed by atoms with E-state index in [1.54, 1.807) is 6.33 Å². The molecule has 1 aliphatic carbocycles. The molecule has 0 aliphatic heterocycles. The van der Waals surface area contributed by atoms with Crippen LogP contribution >= 0.6 is 0 Å². The zero-order valence-electron chi connectivity index (χ0n) is 6.72. The number of aromatic amines is 1. The lowest BCUT2D eigenvalue weighted by Crippen LogP contribution is -2.04. The molecule has 1 aromatic rings. The molecule has 0 spiro atoms. The number of aromatic nitrogens is 2. The molecule has 0 aromatic carbocycles. The Balaban J connectivity index is 1.89. The summed E-state index contributed by atoms with van der Waals surface area (Å²) in [4.78, 5) is 7.19. The molecule has 0 bridgehead atoms. The van der Waals surface area contributed by atoms with Gasteiger partial charge in [-0.25, -0.2) is 4.98 Å². The molecular formula is C8H13N3. The van der Waals surface area contributed by atoms with E-state index in [0.29, 0.717) is 0 Å². The van der Waals surface area contributed by atoms with E-state index in [0.717, 1.165) is 24.0 Å². The third-order valence-electron chi connectivity index (χ3n) is 2.09. The van der Waals surface area contributed by atoms with Crippen molar-refractivity contribution < 1.29 is 0 Å². The van der Waals surface area contributed by atoms with E-state index in [1.165, 1.54) is 12.8 Å². The van der Waals surface area contributed by atoms with Crippen molar-refractivity contribution in [1.82, 2.24) is 9.97 Å². The Kier molecular flexibility index (Phi) is 1.56. The van der Waals surface area contributed by atoms with Crippen molar-refractivity contribution in [2.45, 2.75) is 19.8 Å². The summed E-state index contributed by atoms with van der Waals surface area (Å²) in [5.74, 6) is 1.92. The van der Waals surface area contributed by atoms with Crippen LogP contribution in [0.15, 0.2) is 6.33 Å². The zero-order valence-corrected chi connectivity index (χ0v) is 6.72. The standard InChI is InChI=1S/C8H13N3/c1-6-8(11-5-10-6)9-4-7-2-3-7/h5,7,9H,2-4H2,1H3,(H,10,11). The lowest BCUT2D eigenvalue weighted by molar-refractivity contribution is 0.883. The minimum Gasteiger partial charge on any atom is -0.368 e. The molecule has 0 saturated heterocycles. The van der Waals surface area contributed by atoms with Crippen LogP contribution in [0.25, 0.3) is 0 Å². The summed E-state index contributed by atoms with van der Waals surface area (Å²) in [6.45, 7) is 3.12. The number of nitrogens with zero attached hydrogens (tertiary/aromatic N) is 1. The first-order chi connectivity index (χ1) is 5.36. The molecule has 2 N–H and O–H groups in total. The van der Waals surface area contributed by atoms with Gasteiger partial charge in [-0.1, -0.05) is 0 Å². The molecule has 2 rings (SSSR count). The van der Waals surface area contributed by atoms with E-state index in [-0.39, 0.29) is 0 Å². The molecule has 1 fully saturated rings. The van der Waals surface area contributed by atoms with Gasteiger partial charge < -0.3 is 10.3 Å². The van der Waals surface area contributed by atoms with Crippen molar-refractivity contribution in [2.75, 3.05) is 11.9 Å². The third-order valence-corrected chi connectivity index (χ3v) is 2.09. The molecule has 60 valence electrons. The number of anilines is 1. The van der Waals surface area contributed by atoms with Crippen LogP contribution in [-0.2, 0) is 0 Å². The summed E-state index contributed by atoms with van der Waals surface area (Å²) in [6, 6.07) is 0. The van der Waals surface area contributed by atoms with Crippen molar-refractivity contribution in [1.29, 1.82) is 0 Å². The minimum absolute atomic E-state index is 0.908. The number of hydrogen-bond acceptors (Lipinski definition) is 2. The molecule has 3 nitrogen and oxygen atoms in total. The van der Waals surface area contributed by atoms with Gasteiger partial charge in [-0.2, -0.15) is 0 Å². The predicted molar refractivity (Wildman–Crippen MR) is 44.5 cm³/mol. The second-order valence-corrected chi connectivity index (χ2v) is 3.20. The molecule has 0 unspecified atom stereocenters. The second-order valence-electron chi connectivity index (χ2n) is 3.20. The highest BCUT2D eigenvalue weighted by molar-refractivity contribution is 5.38. The van der Waals surface area contributed by atoms with E-state index >= 15 is 0 Å². The van der Waals surface area contributed by atoms with Crippen LogP contribution in [0.2, 0.25) is 0 Å². The molecule has 0 atom stereocenters. The number of nitrogens with one attached hydrogen (secondary N) is 2. The monoisotopic (exact) mass is 151 g/mol. The van der Waals surface area contributed by atoms with Gasteiger partial charge in [-0.3, -0.25) is 0 Å². The van der Waals surface area contributed by atoms with Crippen LogP contribution in [0.3, 0.4) is 0 Å². The highest BCUT2D eigenvalue weighted by Gasteiger charge is 2.20.